The summed E-state index contributed by atoms with van der Waals surface area (Å²) in [5.41, 5.74) is 11.9. The van der Waals surface area contributed by atoms with E-state index < -0.39 is 5.91 Å². The predicted octanol–water partition coefficient (Wildman–Crippen LogP) is 3.59. The molecule has 2 N–H and O–H groups in total. The number of nitrogens with two attached hydrogens (primary N) is 1. The van der Waals surface area contributed by atoms with Gasteiger partial charge in [-0.3, -0.25) is 14.7 Å². The number of fused-ring (bicyclic) bond motifs is 4. The molecule has 0 radical (unpaired) electrons. The van der Waals surface area contributed by atoms with Crippen LogP contribution in [0.4, 0.5) is 5.69 Å². The van der Waals surface area contributed by atoms with Crippen molar-refractivity contribution in [3.05, 3.63) is 77.6 Å². The average Bonchev–Trinajstić information content (AvgIpc) is 3.32. The third-order valence-electron chi connectivity index (χ3n) is 7.37. The summed E-state index contributed by atoms with van der Waals surface area (Å²) < 4.78 is 1.71. The SMILES string of the molecule is Cc1ccc2c(N3CCN(CCc4cccc5c4ccc4c(C(N)=O)nnn45)[C@H](C)C3)cccc2n1. The van der Waals surface area contributed by atoms with Crippen molar-refractivity contribution in [3.63, 3.8) is 0 Å². The van der Waals surface area contributed by atoms with Gasteiger partial charge in [-0.05, 0) is 62.2 Å². The van der Waals surface area contributed by atoms with Crippen LogP contribution in [0.2, 0.25) is 0 Å². The van der Waals surface area contributed by atoms with Crippen LogP contribution in [0, 0.1) is 6.92 Å². The molecule has 6 rings (SSSR count). The van der Waals surface area contributed by atoms with Crippen LogP contribution in [0.5, 0.6) is 0 Å². The fraction of sp³-hybridized carbons (Fsp3) is 0.286. The smallest absolute Gasteiger partial charge is 0.271 e. The van der Waals surface area contributed by atoms with Gasteiger partial charge in [-0.15, -0.1) is 5.10 Å². The highest BCUT2D eigenvalue weighted by Crippen LogP contribution is 2.28. The average molecular weight is 480 g/mol. The van der Waals surface area contributed by atoms with Crippen LogP contribution in [0.15, 0.2) is 60.7 Å². The fourth-order valence-corrected chi connectivity index (χ4v) is 5.48. The zero-order valence-electron chi connectivity index (χ0n) is 20.6. The highest BCUT2D eigenvalue weighted by Gasteiger charge is 2.25. The molecular weight excluding hydrogens is 450 g/mol. The van der Waals surface area contributed by atoms with Gasteiger partial charge in [0.1, 0.15) is 5.52 Å². The number of amides is 1. The van der Waals surface area contributed by atoms with E-state index >= 15 is 0 Å². The summed E-state index contributed by atoms with van der Waals surface area (Å²) in [6, 6.07) is 21.3. The molecule has 5 aromatic rings. The molecule has 2 aromatic carbocycles. The Hall–Kier alpha value is -4.04. The Labute approximate surface area is 209 Å². The molecule has 182 valence electrons. The molecule has 8 heteroatoms. The molecule has 1 fully saturated rings. The Morgan fingerprint density at radius 1 is 1.00 bits per heavy atom. The van der Waals surface area contributed by atoms with E-state index in [1.807, 2.05) is 31.2 Å². The van der Waals surface area contributed by atoms with Gasteiger partial charge in [0.15, 0.2) is 5.69 Å². The number of anilines is 1. The van der Waals surface area contributed by atoms with Crippen molar-refractivity contribution in [3.8, 4) is 0 Å². The summed E-state index contributed by atoms with van der Waals surface area (Å²) in [6.45, 7) is 8.31. The lowest BCUT2D eigenvalue weighted by molar-refractivity contribution is 0.0997. The molecular formula is C28H29N7O. The molecule has 0 spiro atoms. The monoisotopic (exact) mass is 479 g/mol. The second-order valence-electron chi connectivity index (χ2n) is 9.66. The minimum atomic E-state index is -0.566. The highest BCUT2D eigenvalue weighted by atomic mass is 16.1. The number of benzene rings is 2. The maximum Gasteiger partial charge on any atom is 0.271 e. The Morgan fingerprint density at radius 2 is 1.83 bits per heavy atom. The van der Waals surface area contributed by atoms with Crippen LogP contribution in [0.25, 0.3) is 27.3 Å². The first-order valence-corrected chi connectivity index (χ1v) is 12.4. The van der Waals surface area contributed by atoms with Gasteiger partial charge < -0.3 is 10.6 Å². The quantitative estimate of drug-likeness (QED) is 0.414. The zero-order valence-corrected chi connectivity index (χ0v) is 20.6. The summed E-state index contributed by atoms with van der Waals surface area (Å²) in [5.74, 6) is -0.566. The number of nitrogens with zero attached hydrogens (tertiary/aromatic N) is 6. The van der Waals surface area contributed by atoms with E-state index in [2.05, 4.69) is 63.4 Å². The van der Waals surface area contributed by atoms with Gasteiger partial charge in [-0.2, -0.15) is 0 Å². The molecule has 4 heterocycles. The Kier molecular flexibility index (Phi) is 5.53. The molecule has 1 amide bonds. The highest BCUT2D eigenvalue weighted by molar-refractivity contribution is 5.99. The van der Waals surface area contributed by atoms with Crippen LogP contribution < -0.4 is 10.6 Å². The van der Waals surface area contributed by atoms with Gasteiger partial charge in [-0.1, -0.05) is 29.5 Å². The van der Waals surface area contributed by atoms with E-state index in [-0.39, 0.29) is 5.69 Å². The number of aryl methyl sites for hydroxylation is 1. The first-order chi connectivity index (χ1) is 17.5. The maximum absolute atomic E-state index is 11.7. The van der Waals surface area contributed by atoms with E-state index in [4.69, 9.17) is 10.7 Å². The summed E-state index contributed by atoms with van der Waals surface area (Å²) >= 11 is 0. The molecule has 0 aliphatic carbocycles. The largest absolute Gasteiger partial charge is 0.368 e. The van der Waals surface area contributed by atoms with Crippen molar-refractivity contribution in [2.75, 3.05) is 31.1 Å². The molecule has 3 aromatic heterocycles. The fourth-order valence-electron chi connectivity index (χ4n) is 5.48. The summed E-state index contributed by atoms with van der Waals surface area (Å²) in [4.78, 5) is 21.5. The number of aromatic nitrogens is 4. The molecule has 0 unspecified atom stereocenters. The molecule has 1 saturated heterocycles. The van der Waals surface area contributed by atoms with E-state index in [0.29, 0.717) is 11.6 Å². The van der Waals surface area contributed by atoms with Crippen LogP contribution in [0.3, 0.4) is 0 Å². The third kappa shape index (κ3) is 3.83. The molecule has 0 saturated carbocycles. The minimum Gasteiger partial charge on any atom is -0.368 e. The van der Waals surface area contributed by atoms with Crippen molar-refractivity contribution in [2.45, 2.75) is 26.3 Å². The molecule has 1 aliphatic rings. The number of rotatable bonds is 5. The molecule has 1 atom stereocenters. The van der Waals surface area contributed by atoms with Crippen molar-refractivity contribution in [1.82, 2.24) is 24.7 Å². The van der Waals surface area contributed by atoms with Gasteiger partial charge >= 0.3 is 0 Å². The molecule has 1 aliphatic heterocycles. The normalized spacial score (nSPS) is 16.8. The summed E-state index contributed by atoms with van der Waals surface area (Å²) in [5, 5.41) is 10.5. The zero-order chi connectivity index (χ0) is 24.8. The van der Waals surface area contributed by atoms with E-state index in [1.165, 1.54) is 16.6 Å². The number of carbonyl (C=O) groups excluding carboxylic acids is 1. The van der Waals surface area contributed by atoms with Gasteiger partial charge in [0.2, 0.25) is 0 Å². The minimum absolute atomic E-state index is 0.200. The van der Waals surface area contributed by atoms with Gasteiger partial charge in [0.05, 0.1) is 11.0 Å². The Morgan fingerprint density at radius 3 is 2.67 bits per heavy atom. The Bertz CT molecular complexity index is 1610. The second-order valence-corrected chi connectivity index (χ2v) is 9.66. The number of carbonyl (C=O) groups is 1. The summed E-state index contributed by atoms with van der Waals surface area (Å²) in [7, 11) is 0. The van der Waals surface area contributed by atoms with E-state index in [9.17, 15) is 4.79 Å². The lowest BCUT2D eigenvalue weighted by atomic mass is 10.0. The van der Waals surface area contributed by atoms with Gasteiger partial charge in [0.25, 0.3) is 5.91 Å². The third-order valence-corrected chi connectivity index (χ3v) is 7.37. The van der Waals surface area contributed by atoms with Crippen molar-refractivity contribution in [2.24, 2.45) is 5.73 Å². The number of hydrogen-bond acceptors (Lipinski definition) is 6. The number of pyridine rings is 2. The first-order valence-electron chi connectivity index (χ1n) is 12.4. The van der Waals surface area contributed by atoms with Crippen molar-refractivity contribution >= 4 is 38.9 Å². The second kappa shape index (κ2) is 8.87. The van der Waals surface area contributed by atoms with Crippen LogP contribution in [-0.4, -0.2) is 62.8 Å². The lowest BCUT2D eigenvalue weighted by Gasteiger charge is -2.41. The maximum atomic E-state index is 11.7. The molecule has 0 bridgehead atoms. The topological polar surface area (TPSA) is 92.6 Å². The van der Waals surface area contributed by atoms with Crippen LogP contribution >= 0.6 is 0 Å². The lowest BCUT2D eigenvalue weighted by Crippen LogP contribution is -2.52. The van der Waals surface area contributed by atoms with Crippen LogP contribution in [-0.2, 0) is 6.42 Å². The van der Waals surface area contributed by atoms with Crippen molar-refractivity contribution in [1.29, 1.82) is 0 Å². The number of hydrogen-bond donors (Lipinski definition) is 1. The molecule has 36 heavy (non-hydrogen) atoms. The van der Waals surface area contributed by atoms with Gasteiger partial charge in [0, 0.05) is 54.4 Å². The first kappa shape index (κ1) is 22.4. The molecule has 8 nitrogen and oxygen atoms in total. The standard InChI is InChI=1S/C28H29N7O/c1-18-9-10-22-23(30-18)6-4-7-24(22)34-16-15-33(19(2)17-34)14-13-20-5-3-8-25-21(20)11-12-26-27(28(29)36)31-32-35(25)26/h3-12,19H,13-17H2,1-2H3,(H2,29,36)/t19-/m1/s1. The summed E-state index contributed by atoms with van der Waals surface area (Å²) in [6.07, 6.45) is 0.933. The Balaban J connectivity index is 1.19. The van der Waals surface area contributed by atoms with E-state index in [0.717, 1.165) is 54.7 Å². The van der Waals surface area contributed by atoms with Gasteiger partial charge in [-0.25, -0.2) is 4.52 Å². The van der Waals surface area contributed by atoms with Crippen LogP contribution in [0.1, 0.15) is 28.7 Å². The van der Waals surface area contributed by atoms with E-state index in [1.54, 1.807) is 4.52 Å². The number of piperazine rings is 1. The number of primary amides is 1. The predicted molar refractivity (Wildman–Crippen MR) is 142 cm³/mol. The van der Waals surface area contributed by atoms with Crippen molar-refractivity contribution < 1.29 is 4.79 Å².